The van der Waals surface area contributed by atoms with Gasteiger partial charge in [-0.15, -0.1) is 0 Å². The van der Waals surface area contributed by atoms with Crippen molar-refractivity contribution in [2.45, 2.75) is 32.0 Å². The van der Waals surface area contributed by atoms with Crippen LogP contribution in [0, 0.1) is 0 Å². The van der Waals surface area contributed by atoms with Gasteiger partial charge in [-0.25, -0.2) is 4.68 Å². The quantitative estimate of drug-likeness (QED) is 0.195. The maximum atomic E-state index is 6.63. The molecule has 9 nitrogen and oxygen atoms in total. The average molecular weight is 586 g/mol. The van der Waals surface area contributed by atoms with Gasteiger partial charge in [-0.2, -0.15) is 15.3 Å². The second-order valence-electron chi connectivity index (χ2n) is 10.1. The molecule has 1 aliphatic heterocycles. The van der Waals surface area contributed by atoms with E-state index in [1.54, 1.807) is 27.5 Å². The number of nitrogens with zero attached hydrogens (tertiary/aromatic N) is 4. The van der Waals surface area contributed by atoms with E-state index in [4.69, 9.17) is 35.6 Å². The van der Waals surface area contributed by atoms with E-state index in [2.05, 4.69) is 21.6 Å². The smallest absolute Gasteiger partial charge is 0.150 e. The van der Waals surface area contributed by atoms with Gasteiger partial charge in [0.25, 0.3) is 0 Å². The third-order valence-corrected chi connectivity index (χ3v) is 7.84. The Labute approximate surface area is 249 Å². The first kappa shape index (κ1) is 27.8. The van der Waals surface area contributed by atoms with Crippen molar-refractivity contribution in [3.63, 3.8) is 0 Å². The van der Waals surface area contributed by atoms with Gasteiger partial charge in [0, 0.05) is 41.9 Å². The number of aromatic nitrogens is 4. The van der Waals surface area contributed by atoms with E-state index in [0.717, 1.165) is 81.9 Å². The second kappa shape index (κ2) is 12.3. The number of rotatable bonds is 9. The fourth-order valence-corrected chi connectivity index (χ4v) is 5.53. The predicted octanol–water partition coefficient (Wildman–Crippen LogP) is 7.15. The van der Waals surface area contributed by atoms with Crippen molar-refractivity contribution < 1.29 is 18.9 Å². The lowest BCUT2D eigenvalue weighted by Gasteiger charge is -2.22. The van der Waals surface area contributed by atoms with Crippen molar-refractivity contribution in [3.05, 3.63) is 77.6 Å². The number of nitrogens with one attached hydrogen (secondary N) is 1. The van der Waals surface area contributed by atoms with E-state index < -0.39 is 0 Å². The Morgan fingerprint density at radius 2 is 1.83 bits per heavy atom. The Morgan fingerprint density at radius 1 is 0.952 bits per heavy atom. The van der Waals surface area contributed by atoms with Crippen LogP contribution in [0.4, 0.5) is 5.69 Å². The first-order valence-electron chi connectivity index (χ1n) is 13.8. The number of benzene rings is 3. The average Bonchev–Trinajstić information content (AvgIpc) is 3.54. The van der Waals surface area contributed by atoms with E-state index in [1.807, 2.05) is 59.4 Å². The normalized spacial score (nSPS) is 15.0. The summed E-state index contributed by atoms with van der Waals surface area (Å²) in [5, 5.41) is 18.5. The van der Waals surface area contributed by atoms with Crippen LogP contribution in [0.1, 0.15) is 31.1 Å². The Bertz CT molecular complexity index is 1720. The molecule has 1 aliphatic rings. The minimum atomic E-state index is -0.0510. The van der Waals surface area contributed by atoms with Gasteiger partial charge in [0.15, 0.2) is 0 Å². The molecule has 0 aliphatic carbocycles. The number of anilines is 1. The van der Waals surface area contributed by atoms with Crippen LogP contribution in [0.3, 0.4) is 0 Å². The largest absolute Gasteiger partial charge is 0.497 e. The summed E-state index contributed by atoms with van der Waals surface area (Å²) in [5.41, 5.74) is 6.18. The summed E-state index contributed by atoms with van der Waals surface area (Å²) in [6, 6.07) is 17.7. The fraction of sp³-hybridized carbons (Fsp3) is 0.281. The van der Waals surface area contributed by atoms with Crippen molar-refractivity contribution in [1.82, 2.24) is 20.0 Å². The molecule has 0 radical (unpaired) electrons. The van der Waals surface area contributed by atoms with Crippen LogP contribution in [-0.4, -0.2) is 47.9 Å². The standard InChI is InChI=1S/C32H32ClN5O4/c1-39-22-9-7-21(30(15-22)40-2)18-34-29-19-35-36-28-14-20(8-10-23(28)29)24-16-26(33)31(41-3)17-25(24)27-11-12-38(37-27)32-6-4-5-13-42-32/h7-12,14-17,19,32H,4-6,13,18H2,1-3H3,(H,34,36). The highest BCUT2D eigenvalue weighted by molar-refractivity contribution is 6.32. The van der Waals surface area contributed by atoms with Gasteiger partial charge in [-0.3, -0.25) is 0 Å². The first-order chi connectivity index (χ1) is 20.6. The highest BCUT2D eigenvalue weighted by Gasteiger charge is 2.20. The molecule has 0 spiro atoms. The summed E-state index contributed by atoms with van der Waals surface area (Å²) >= 11 is 6.63. The van der Waals surface area contributed by atoms with Gasteiger partial charge in [-0.05, 0) is 72.9 Å². The van der Waals surface area contributed by atoms with Gasteiger partial charge in [-0.1, -0.05) is 17.7 Å². The molecule has 6 rings (SSSR count). The Hall–Kier alpha value is -4.34. The summed E-state index contributed by atoms with van der Waals surface area (Å²) in [6.07, 6.45) is 6.81. The zero-order chi connectivity index (χ0) is 29.1. The lowest BCUT2D eigenvalue weighted by Crippen LogP contribution is -2.18. The van der Waals surface area contributed by atoms with Gasteiger partial charge < -0.3 is 24.3 Å². The molecular formula is C32H32ClN5O4. The Kier molecular flexibility index (Phi) is 8.12. The molecule has 216 valence electrons. The summed E-state index contributed by atoms with van der Waals surface area (Å²) < 4.78 is 24.3. The number of methoxy groups -OCH3 is 3. The topological polar surface area (TPSA) is 92.5 Å². The summed E-state index contributed by atoms with van der Waals surface area (Å²) in [5.74, 6) is 2.07. The molecule has 2 aromatic heterocycles. The van der Waals surface area contributed by atoms with Crippen molar-refractivity contribution in [2.75, 3.05) is 33.3 Å². The molecule has 3 aromatic carbocycles. The molecule has 10 heteroatoms. The third-order valence-electron chi connectivity index (χ3n) is 7.54. The highest BCUT2D eigenvalue weighted by atomic mass is 35.5. The number of hydrogen-bond acceptors (Lipinski definition) is 8. The maximum absolute atomic E-state index is 6.63. The lowest BCUT2D eigenvalue weighted by atomic mass is 9.96. The zero-order valence-corrected chi connectivity index (χ0v) is 24.5. The van der Waals surface area contributed by atoms with Crippen LogP contribution in [-0.2, 0) is 11.3 Å². The van der Waals surface area contributed by atoms with Gasteiger partial charge in [0.2, 0.25) is 0 Å². The van der Waals surface area contributed by atoms with Crippen LogP contribution in [0.25, 0.3) is 33.3 Å². The second-order valence-corrected chi connectivity index (χ2v) is 10.5. The van der Waals surface area contributed by atoms with Crippen molar-refractivity contribution >= 4 is 28.2 Å². The minimum absolute atomic E-state index is 0.0510. The molecule has 1 saturated heterocycles. The maximum Gasteiger partial charge on any atom is 0.150 e. The molecule has 42 heavy (non-hydrogen) atoms. The van der Waals surface area contributed by atoms with Crippen molar-refractivity contribution in [3.8, 4) is 39.6 Å². The number of ether oxygens (including phenoxy) is 4. The van der Waals surface area contributed by atoms with Gasteiger partial charge >= 0.3 is 0 Å². The lowest BCUT2D eigenvalue weighted by molar-refractivity contribution is -0.0393. The monoisotopic (exact) mass is 585 g/mol. The van der Waals surface area contributed by atoms with E-state index in [0.29, 0.717) is 17.3 Å². The third kappa shape index (κ3) is 5.57. The number of hydrogen-bond donors (Lipinski definition) is 1. The fourth-order valence-electron chi connectivity index (χ4n) is 5.29. The molecule has 1 N–H and O–H groups in total. The van der Waals surface area contributed by atoms with Crippen molar-refractivity contribution in [2.24, 2.45) is 0 Å². The zero-order valence-electron chi connectivity index (χ0n) is 23.8. The predicted molar refractivity (Wildman–Crippen MR) is 163 cm³/mol. The first-order valence-corrected chi connectivity index (χ1v) is 14.2. The Balaban J connectivity index is 1.34. The summed E-state index contributed by atoms with van der Waals surface area (Å²) in [4.78, 5) is 0. The van der Waals surface area contributed by atoms with Crippen LogP contribution in [0.15, 0.2) is 67.0 Å². The van der Waals surface area contributed by atoms with Gasteiger partial charge in [0.1, 0.15) is 23.5 Å². The molecule has 3 heterocycles. The van der Waals surface area contributed by atoms with E-state index >= 15 is 0 Å². The molecule has 1 atom stereocenters. The molecule has 0 amide bonds. The van der Waals surface area contributed by atoms with Gasteiger partial charge in [0.05, 0.1) is 49.4 Å². The summed E-state index contributed by atoms with van der Waals surface area (Å²) in [6.45, 7) is 1.30. The number of fused-ring (bicyclic) bond motifs is 1. The summed E-state index contributed by atoms with van der Waals surface area (Å²) in [7, 11) is 4.90. The van der Waals surface area contributed by atoms with Crippen LogP contribution in [0.2, 0.25) is 5.02 Å². The molecule has 1 unspecified atom stereocenters. The molecule has 0 bridgehead atoms. The SMILES string of the molecule is COc1ccc(CNc2cnnc3cc(-c4cc(Cl)c(OC)cc4-c4ccn(C5CCCCO5)n4)ccc23)c(OC)c1. The van der Waals surface area contributed by atoms with Crippen LogP contribution < -0.4 is 19.5 Å². The highest BCUT2D eigenvalue weighted by Crippen LogP contribution is 2.40. The van der Waals surface area contributed by atoms with E-state index in [-0.39, 0.29) is 6.23 Å². The minimum Gasteiger partial charge on any atom is -0.497 e. The molecule has 0 saturated carbocycles. The molecular weight excluding hydrogens is 554 g/mol. The van der Waals surface area contributed by atoms with Crippen LogP contribution >= 0.6 is 11.6 Å². The van der Waals surface area contributed by atoms with Crippen LogP contribution in [0.5, 0.6) is 17.2 Å². The van der Waals surface area contributed by atoms with Crippen molar-refractivity contribution in [1.29, 1.82) is 0 Å². The molecule has 5 aromatic rings. The Morgan fingerprint density at radius 3 is 2.62 bits per heavy atom. The number of halogens is 1. The van der Waals surface area contributed by atoms with E-state index in [1.165, 1.54) is 0 Å². The van der Waals surface area contributed by atoms with E-state index in [9.17, 15) is 0 Å². The molecule has 1 fully saturated rings.